The molecule has 0 atom stereocenters. The first-order valence-electron chi connectivity index (χ1n) is 8.89. The van der Waals surface area contributed by atoms with E-state index in [1.54, 1.807) is 0 Å². The van der Waals surface area contributed by atoms with Gasteiger partial charge in [0.2, 0.25) is 0 Å². The van der Waals surface area contributed by atoms with Crippen LogP contribution < -0.4 is 15.4 Å². The number of aliphatic imine (C=N–C) groups is 1. The summed E-state index contributed by atoms with van der Waals surface area (Å²) in [7, 11) is 0. The van der Waals surface area contributed by atoms with Gasteiger partial charge in [-0.05, 0) is 50.1 Å². The summed E-state index contributed by atoms with van der Waals surface area (Å²) in [5.74, 6) is 1.66. The van der Waals surface area contributed by atoms with Crippen molar-refractivity contribution in [3.8, 4) is 11.8 Å². The number of nitrogens with one attached hydrogen (secondary N) is 2. The Morgan fingerprint density at radius 3 is 2.54 bits per heavy atom. The summed E-state index contributed by atoms with van der Waals surface area (Å²) >= 11 is 0. The smallest absolute Gasteiger partial charge is 0.191 e. The van der Waals surface area contributed by atoms with E-state index in [0.717, 1.165) is 29.4 Å². The molecule has 5 nitrogen and oxygen atoms in total. The van der Waals surface area contributed by atoms with Crippen molar-refractivity contribution >= 4 is 5.96 Å². The summed E-state index contributed by atoms with van der Waals surface area (Å²) in [5, 5.41) is 15.5. The van der Waals surface area contributed by atoms with E-state index in [-0.39, 0.29) is 0 Å². The van der Waals surface area contributed by atoms with E-state index >= 15 is 0 Å². The van der Waals surface area contributed by atoms with Crippen molar-refractivity contribution < 1.29 is 4.74 Å². The first-order chi connectivity index (χ1) is 12.7. The molecule has 0 bridgehead atoms. The average Bonchev–Trinajstić information content (AvgIpc) is 2.66. The van der Waals surface area contributed by atoms with Gasteiger partial charge >= 0.3 is 0 Å². The summed E-state index contributed by atoms with van der Waals surface area (Å²) in [5.41, 5.74) is 4.00. The number of guanidine groups is 1. The first-order valence-corrected chi connectivity index (χ1v) is 8.89. The third kappa shape index (κ3) is 5.82. The molecule has 0 aliphatic carbocycles. The predicted molar refractivity (Wildman–Crippen MR) is 105 cm³/mol. The fraction of sp³-hybridized carbons (Fsp3) is 0.333. The molecule has 136 valence electrons. The molecule has 0 amide bonds. The van der Waals surface area contributed by atoms with Crippen LogP contribution in [0.15, 0.2) is 47.5 Å². The molecule has 0 saturated heterocycles. The van der Waals surface area contributed by atoms with Crippen LogP contribution in [-0.2, 0) is 13.1 Å². The van der Waals surface area contributed by atoms with Gasteiger partial charge in [0.05, 0.1) is 24.8 Å². The van der Waals surface area contributed by atoms with Gasteiger partial charge in [-0.1, -0.05) is 24.3 Å². The average molecular weight is 350 g/mol. The minimum absolute atomic E-state index is 0.549. The largest absolute Gasteiger partial charge is 0.494 e. The number of nitriles is 1. The number of ether oxygens (including phenoxy) is 1. The zero-order valence-corrected chi connectivity index (χ0v) is 15.7. The highest BCUT2D eigenvalue weighted by Crippen LogP contribution is 2.20. The molecular formula is C21H26N4O. The molecule has 0 spiro atoms. The summed E-state index contributed by atoms with van der Waals surface area (Å²) in [6.07, 6.45) is 0. The number of hydrogen-bond donors (Lipinski definition) is 2. The SMILES string of the molecule is CCNC(=NCc1ccc(C#N)cc1)NCc1ccc(C)cc1OCC. The van der Waals surface area contributed by atoms with Crippen molar-refractivity contribution in [2.45, 2.75) is 33.9 Å². The molecule has 2 N–H and O–H groups in total. The number of rotatable bonds is 7. The molecule has 0 aliphatic rings. The minimum Gasteiger partial charge on any atom is -0.494 e. The molecule has 0 aromatic heterocycles. The van der Waals surface area contributed by atoms with Crippen LogP contribution >= 0.6 is 0 Å². The van der Waals surface area contributed by atoms with Gasteiger partial charge in [-0.25, -0.2) is 4.99 Å². The van der Waals surface area contributed by atoms with E-state index in [1.807, 2.05) is 38.1 Å². The van der Waals surface area contributed by atoms with Crippen LogP contribution in [0, 0.1) is 18.3 Å². The zero-order valence-electron chi connectivity index (χ0n) is 15.7. The Kier molecular flexibility index (Phi) is 7.50. The number of aryl methyl sites for hydroxylation is 1. The van der Waals surface area contributed by atoms with Crippen LogP contribution in [0.4, 0.5) is 0 Å². The monoisotopic (exact) mass is 350 g/mol. The van der Waals surface area contributed by atoms with Gasteiger partial charge in [0.25, 0.3) is 0 Å². The van der Waals surface area contributed by atoms with Crippen molar-refractivity contribution in [2.75, 3.05) is 13.2 Å². The predicted octanol–water partition coefficient (Wildman–Crippen LogP) is 3.52. The standard InChI is InChI=1S/C21H26N4O/c1-4-23-21(24-14-18-9-7-17(13-22)8-10-18)25-15-19-11-6-16(3)12-20(19)26-5-2/h6-12H,4-5,14-15H2,1-3H3,(H2,23,24,25). The molecular weight excluding hydrogens is 324 g/mol. The van der Waals surface area contributed by atoms with Crippen LogP contribution in [0.1, 0.15) is 36.1 Å². The van der Waals surface area contributed by atoms with Gasteiger partial charge in [-0.2, -0.15) is 5.26 Å². The Bertz CT molecular complexity index is 776. The summed E-state index contributed by atoms with van der Waals surface area (Å²) in [6, 6.07) is 15.8. The molecule has 0 fully saturated rings. The topological polar surface area (TPSA) is 69.4 Å². The van der Waals surface area contributed by atoms with E-state index in [1.165, 1.54) is 5.56 Å². The molecule has 2 aromatic rings. The highest BCUT2D eigenvalue weighted by atomic mass is 16.5. The molecule has 26 heavy (non-hydrogen) atoms. The lowest BCUT2D eigenvalue weighted by Gasteiger charge is -2.15. The molecule has 2 aromatic carbocycles. The van der Waals surface area contributed by atoms with Gasteiger partial charge in [-0.3, -0.25) is 0 Å². The molecule has 2 rings (SSSR count). The van der Waals surface area contributed by atoms with E-state index in [2.05, 4.69) is 46.8 Å². The highest BCUT2D eigenvalue weighted by Gasteiger charge is 2.05. The van der Waals surface area contributed by atoms with E-state index in [0.29, 0.717) is 25.3 Å². The molecule has 0 aliphatic heterocycles. The quantitative estimate of drug-likeness (QED) is 0.592. The molecule has 0 unspecified atom stereocenters. The van der Waals surface area contributed by atoms with Gasteiger partial charge in [-0.15, -0.1) is 0 Å². The Balaban J connectivity index is 2.04. The van der Waals surface area contributed by atoms with Crippen molar-refractivity contribution in [1.82, 2.24) is 10.6 Å². The molecule has 5 heteroatoms. The van der Waals surface area contributed by atoms with E-state index in [4.69, 9.17) is 10.00 Å². The second kappa shape index (κ2) is 10.1. The van der Waals surface area contributed by atoms with Crippen LogP contribution in [-0.4, -0.2) is 19.1 Å². The number of nitrogens with zero attached hydrogens (tertiary/aromatic N) is 2. The molecule has 0 heterocycles. The lowest BCUT2D eigenvalue weighted by atomic mass is 10.1. The zero-order chi connectivity index (χ0) is 18.8. The van der Waals surface area contributed by atoms with Gasteiger partial charge in [0, 0.05) is 18.7 Å². The number of hydrogen-bond acceptors (Lipinski definition) is 3. The lowest BCUT2D eigenvalue weighted by Crippen LogP contribution is -2.36. The van der Waals surface area contributed by atoms with Crippen molar-refractivity contribution in [3.63, 3.8) is 0 Å². The summed E-state index contributed by atoms with van der Waals surface area (Å²) in [6.45, 7) is 8.69. The maximum absolute atomic E-state index is 8.86. The maximum Gasteiger partial charge on any atom is 0.191 e. The Hall–Kier alpha value is -3.00. The second-order valence-corrected chi connectivity index (χ2v) is 5.90. The Morgan fingerprint density at radius 1 is 1.12 bits per heavy atom. The fourth-order valence-corrected chi connectivity index (χ4v) is 2.47. The van der Waals surface area contributed by atoms with Gasteiger partial charge < -0.3 is 15.4 Å². The van der Waals surface area contributed by atoms with Crippen LogP contribution in [0.25, 0.3) is 0 Å². The fourth-order valence-electron chi connectivity index (χ4n) is 2.47. The van der Waals surface area contributed by atoms with Crippen molar-refractivity contribution in [3.05, 3.63) is 64.7 Å². The highest BCUT2D eigenvalue weighted by molar-refractivity contribution is 5.79. The van der Waals surface area contributed by atoms with Crippen LogP contribution in [0.5, 0.6) is 5.75 Å². The molecule has 0 radical (unpaired) electrons. The van der Waals surface area contributed by atoms with Crippen LogP contribution in [0.2, 0.25) is 0 Å². The second-order valence-electron chi connectivity index (χ2n) is 5.90. The lowest BCUT2D eigenvalue weighted by molar-refractivity contribution is 0.336. The Labute approximate surface area is 155 Å². The van der Waals surface area contributed by atoms with Crippen molar-refractivity contribution in [2.24, 2.45) is 4.99 Å². The third-order valence-corrected chi connectivity index (χ3v) is 3.82. The van der Waals surface area contributed by atoms with Crippen LogP contribution in [0.3, 0.4) is 0 Å². The summed E-state index contributed by atoms with van der Waals surface area (Å²) in [4.78, 5) is 4.62. The third-order valence-electron chi connectivity index (χ3n) is 3.82. The van der Waals surface area contributed by atoms with E-state index < -0.39 is 0 Å². The summed E-state index contributed by atoms with van der Waals surface area (Å²) < 4.78 is 5.73. The number of benzene rings is 2. The van der Waals surface area contributed by atoms with Crippen molar-refractivity contribution in [1.29, 1.82) is 5.26 Å². The van der Waals surface area contributed by atoms with Gasteiger partial charge in [0.1, 0.15) is 5.75 Å². The Morgan fingerprint density at radius 2 is 1.88 bits per heavy atom. The first kappa shape index (κ1) is 19.3. The molecule has 0 saturated carbocycles. The van der Waals surface area contributed by atoms with Gasteiger partial charge in [0.15, 0.2) is 5.96 Å². The minimum atomic E-state index is 0.549. The van der Waals surface area contributed by atoms with E-state index in [9.17, 15) is 0 Å². The maximum atomic E-state index is 8.86. The normalized spacial score (nSPS) is 10.9.